The third-order valence-electron chi connectivity index (χ3n) is 4.54. The van der Waals surface area contributed by atoms with Crippen LogP contribution in [0.3, 0.4) is 0 Å². The summed E-state index contributed by atoms with van der Waals surface area (Å²) in [5, 5.41) is 13.4. The van der Waals surface area contributed by atoms with Crippen molar-refractivity contribution in [2.75, 3.05) is 12.3 Å². The van der Waals surface area contributed by atoms with Gasteiger partial charge in [-0.3, -0.25) is 14.6 Å². The normalized spacial score (nSPS) is 11.3. The molecule has 0 saturated carbocycles. The molecule has 0 saturated heterocycles. The van der Waals surface area contributed by atoms with Crippen LogP contribution >= 0.6 is 0 Å². The predicted molar refractivity (Wildman–Crippen MR) is 104 cm³/mol. The number of fused-ring (bicyclic) bond motifs is 2. The number of hydrogen-bond donors (Lipinski definition) is 5. The van der Waals surface area contributed by atoms with Crippen molar-refractivity contribution in [1.82, 2.24) is 29.8 Å². The zero-order chi connectivity index (χ0) is 19.7. The third kappa shape index (κ3) is 3.39. The van der Waals surface area contributed by atoms with E-state index in [0.29, 0.717) is 25.2 Å². The fraction of sp³-hybridized carbons (Fsp3) is 0.222. The van der Waals surface area contributed by atoms with Crippen molar-refractivity contribution in [2.45, 2.75) is 19.4 Å². The molecule has 0 aliphatic rings. The van der Waals surface area contributed by atoms with Crippen molar-refractivity contribution in [3.63, 3.8) is 0 Å². The predicted octanol–water partition coefficient (Wildman–Crippen LogP) is 0.638. The third-order valence-corrected chi connectivity index (χ3v) is 4.54. The first-order chi connectivity index (χ1) is 13.5. The van der Waals surface area contributed by atoms with Gasteiger partial charge in [0.25, 0.3) is 5.56 Å². The van der Waals surface area contributed by atoms with Crippen LogP contribution in [0.1, 0.15) is 12.0 Å². The molecule has 0 spiro atoms. The zero-order valence-corrected chi connectivity index (χ0v) is 14.9. The molecule has 0 radical (unpaired) electrons. The summed E-state index contributed by atoms with van der Waals surface area (Å²) < 4.78 is 1.63. The number of phenolic OH excluding ortho intramolecular Hbond substituents is 1. The van der Waals surface area contributed by atoms with Gasteiger partial charge in [-0.15, -0.1) is 0 Å². The minimum absolute atomic E-state index is 0.00784. The lowest BCUT2D eigenvalue weighted by Gasteiger charge is -2.06. The summed E-state index contributed by atoms with van der Waals surface area (Å²) in [6.07, 6.45) is 4.20. The summed E-state index contributed by atoms with van der Waals surface area (Å²) in [7, 11) is 0. The number of nitrogen functional groups attached to an aromatic ring is 1. The molecule has 1 amide bonds. The van der Waals surface area contributed by atoms with Crippen molar-refractivity contribution < 1.29 is 9.90 Å². The number of phenols is 1. The first-order valence-corrected chi connectivity index (χ1v) is 8.77. The number of nitrogens with two attached hydrogens (primary N) is 1. The summed E-state index contributed by atoms with van der Waals surface area (Å²) >= 11 is 0. The van der Waals surface area contributed by atoms with Crippen LogP contribution < -0.4 is 16.6 Å². The number of rotatable bonds is 6. The Bertz CT molecular complexity index is 1220. The molecule has 6 N–H and O–H groups in total. The van der Waals surface area contributed by atoms with Gasteiger partial charge in [0.05, 0.1) is 6.33 Å². The molecule has 3 aromatic heterocycles. The van der Waals surface area contributed by atoms with Gasteiger partial charge in [0.2, 0.25) is 11.9 Å². The van der Waals surface area contributed by atoms with Gasteiger partial charge in [-0.05, 0) is 30.2 Å². The summed E-state index contributed by atoms with van der Waals surface area (Å²) in [6, 6.07) is 5.14. The maximum atomic E-state index is 12.1. The number of carbonyl (C=O) groups excluding carboxylic acids is 1. The molecule has 0 fully saturated rings. The fourth-order valence-electron chi connectivity index (χ4n) is 3.15. The molecule has 4 aromatic rings. The van der Waals surface area contributed by atoms with Gasteiger partial charge in [-0.1, -0.05) is 0 Å². The minimum Gasteiger partial charge on any atom is -0.508 e. The second-order valence-electron chi connectivity index (χ2n) is 6.46. The Labute approximate surface area is 158 Å². The monoisotopic (exact) mass is 381 g/mol. The number of benzene rings is 1. The minimum atomic E-state index is -0.407. The van der Waals surface area contributed by atoms with E-state index in [0.717, 1.165) is 16.5 Å². The lowest BCUT2D eigenvalue weighted by Crippen LogP contribution is -2.26. The van der Waals surface area contributed by atoms with Gasteiger partial charge >= 0.3 is 0 Å². The Morgan fingerprint density at radius 2 is 2.21 bits per heavy atom. The van der Waals surface area contributed by atoms with Crippen molar-refractivity contribution in [3.05, 3.63) is 46.6 Å². The molecular weight excluding hydrogens is 362 g/mol. The maximum absolute atomic E-state index is 12.1. The number of carbonyl (C=O) groups is 1. The molecule has 0 aliphatic heterocycles. The Morgan fingerprint density at radius 3 is 3.07 bits per heavy atom. The molecule has 3 heterocycles. The van der Waals surface area contributed by atoms with Gasteiger partial charge in [0.1, 0.15) is 5.75 Å². The van der Waals surface area contributed by atoms with E-state index in [1.165, 1.54) is 6.33 Å². The maximum Gasteiger partial charge on any atom is 0.280 e. The molecule has 10 heteroatoms. The van der Waals surface area contributed by atoms with E-state index in [2.05, 4.69) is 25.3 Å². The van der Waals surface area contributed by atoms with Gasteiger partial charge in [0, 0.05) is 36.6 Å². The SMILES string of the molecule is Nc1nc2c(ncn2CCC(=O)NCCc2c[nH]c3ccc(O)cc23)c(=O)[nH]1. The number of aromatic amines is 2. The Kier molecular flexibility index (Phi) is 4.44. The average Bonchev–Trinajstić information content (AvgIpc) is 3.24. The van der Waals surface area contributed by atoms with Crippen molar-refractivity contribution >= 4 is 33.9 Å². The topological polar surface area (TPSA) is 155 Å². The standard InChI is InChI=1S/C18H19N7O3/c19-18-23-16-15(17(28)24-18)22-9-25(16)6-4-14(27)20-5-3-10-8-21-13-2-1-11(26)7-12(10)13/h1-2,7-9,21,26H,3-6H2,(H,20,27)(H3,19,23,24,28). The van der Waals surface area contributed by atoms with E-state index in [9.17, 15) is 14.7 Å². The van der Waals surface area contributed by atoms with E-state index in [-0.39, 0.29) is 29.5 Å². The lowest BCUT2D eigenvalue weighted by molar-refractivity contribution is -0.121. The Morgan fingerprint density at radius 1 is 1.36 bits per heavy atom. The summed E-state index contributed by atoms with van der Waals surface area (Å²) in [6.45, 7) is 0.802. The van der Waals surface area contributed by atoms with Gasteiger partial charge < -0.3 is 25.7 Å². The molecule has 0 unspecified atom stereocenters. The summed E-state index contributed by atoms with van der Waals surface area (Å²) in [5.74, 6) is 0.0915. The number of nitrogens with one attached hydrogen (secondary N) is 3. The van der Waals surface area contributed by atoms with Gasteiger partial charge in [-0.2, -0.15) is 4.98 Å². The Hall–Kier alpha value is -3.82. The largest absolute Gasteiger partial charge is 0.508 e. The smallest absolute Gasteiger partial charge is 0.280 e. The second-order valence-corrected chi connectivity index (χ2v) is 6.46. The molecule has 4 rings (SSSR count). The van der Waals surface area contributed by atoms with Crippen LogP contribution in [-0.4, -0.2) is 42.1 Å². The van der Waals surface area contributed by atoms with Crippen molar-refractivity contribution in [2.24, 2.45) is 0 Å². The highest BCUT2D eigenvalue weighted by atomic mass is 16.3. The fourth-order valence-corrected chi connectivity index (χ4v) is 3.15. The number of H-pyrrole nitrogens is 2. The first-order valence-electron chi connectivity index (χ1n) is 8.77. The molecule has 1 aromatic carbocycles. The Balaban J connectivity index is 1.34. The van der Waals surface area contributed by atoms with Gasteiger partial charge in [0.15, 0.2) is 11.2 Å². The van der Waals surface area contributed by atoms with E-state index < -0.39 is 5.56 Å². The van der Waals surface area contributed by atoms with Crippen LogP contribution in [0.25, 0.3) is 22.1 Å². The highest BCUT2D eigenvalue weighted by molar-refractivity contribution is 5.84. The van der Waals surface area contributed by atoms with E-state index in [1.807, 2.05) is 12.3 Å². The first kappa shape index (κ1) is 17.6. The lowest BCUT2D eigenvalue weighted by atomic mass is 10.1. The highest BCUT2D eigenvalue weighted by Crippen LogP contribution is 2.23. The van der Waals surface area contributed by atoms with Crippen LogP contribution in [0.4, 0.5) is 5.95 Å². The zero-order valence-electron chi connectivity index (χ0n) is 14.9. The number of nitrogens with zero attached hydrogens (tertiary/aromatic N) is 3. The van der Waals surface area contributed by atoms with E-state index in [1.54, 1.807) is 16.7 Å². The van der Waals surface area contributed by atoms with Crippen molar-refractivity contribution in [1.29, 1.82) is 0 Å². The van der Waals surface area contributed by atoms with Crippen LogP contribution in [0, 0.1) is 0 Å². The number of aryl methyl sites for hydroxylation is 1. The number of hydrogen-bond acceptors (Lipinski definition) is 6. The molecule has 144 valence electrons. The van der Waals surface area contributed by atoms with Crippen LogP contribution in [0.5, 0.6) is 5.75 Å². The number of imidazole rings is 1. The number of aromatic nitrogens is 5. The second kappa shape index (κ2) is 7.06. The molecule has 0 bridgehead atoms. The number of amides is 1. The van der Waals surface area contributed by atoms with E-state index in [4.69, 9.17) is 5.73 Å². The van der Waals surface area contributed by atoms with E-state index >= 15 is 0 Å². The van der Waals surface area contributed by atoms with Crippen LogP contribution in [0.2, 0.25) is 0 Å². The van der Waals surface area contributed by atoms with Crippen LogP contribution in [0.15, 0.2) is 35.5 Å². The quantitative estimate of drug-likeness (QED) is 0.330. The van der Waals surface area contributed by atoms with Gasteiger partial charge in [-0.25, -0.2) is 4.98 Å². The molecule has 10 nitrogen and oxygen atoms in total. The summed E-state index contributed by atoms with van der Waals surface area (Å²) in [5.41, 5.74) is 7.66. The molecule has 28 heavy (non-hydrogen) atoms. The molecule has 0 aliphatic carbocycles. The highest BCUT2D eigenvalue weighted by Gasteiger charge is 2.11. The molecule has 0 atom stereocenters. The average molecular weight is 381 g/mol. The van der Waals surface area contributed by atoms with Crippen LogP contribution in [-0.2, 0) is 17.8 Å². The molecular formula is C18H19N7O3. The number of aromatic hydroxyl groups is 1. The summed E-state index contributed by atoms with van der Waals surface area (Å²) in [4.78, 5) is 37.5. The number of anilines is 1. The van der Waals surface area contributed by atoms with Crippen molar-refractivity contribution in [3.8, 4) is 5.75 Å².